The van der Waals surface area contributed by atoms with E-state index < -0.39 is 0 Å². The molecule has 0 aliphatic carbocycles. The van der Waals surface area contributed by atoms with Gasteiger partial charge in [0.2, 0.25) is 0 Å². The zero-order chi connectivity index (χ0) is 35.1. The summed E-state index contributed by atoms with van der Waals surface area (Å²) in [5.41, 5.74) is 10.6. The van der Waals surface area contributed by atoms with Crippen LogP contribution in [0.1, 0.15) is 0 Å². The molecule has 248 valence electrons. The van der Waals surface area contributed by atoms with Gasteiger partial charge in [-0.1, -0.05) is 182 Å². The highest BCUT2D eigenvalue weighted by atomic mass is 15.1. The summed E-state index contributed by atoms with van der Waals surface area (Å²) in [7, 11) is 0. The van der Waals surface area contributed by atoms with Gasteiger partial charge >= 0.3 is 0 Å². The number of hydrogen-bond acceptors (Lipinski definition) is 1. The van der Waals surface area contributed by atoms with Gasteiger partial charge in [-0.15, -0.1) is 0 Å². The Morgan fingerprint density at radius 1 is 0.264 bits per heavy atom. The van der Waals surface area contributed by atoms with Gasteiger partial charge in [0.05, 0.1) is 11.4 Å². The largest absolute Gasteiger partial charge is 0.309 e. The number of fused-ring (bicyclic) bond motifs is 5. The summed E-state index contributed by atoms with van der Waals surface area (Å²) in [5.74, 6) is 0. The number of rotatable bonds is 6. The second kappa shape index (κ2) is 13.0. The standard InChI is InChI=1S/C52H35N/c1-2-14-36(15-3-1)41-20-12-21-43(35-41)51-48-25-10-8-23-46(48)47-24-9-11-26-49(47)52(51)53(50-27-13-19-39-17-6-7-22-45(39)50)44-32-30-38(31-33-44)42-29-28-37-16-4-5-18-40(37)34-42/h1-35H. The third-order valence-corrected chi connectivity index (χ3v) is 10.6. The highest BCUT2D eigenvalue weighted by Gasteiger charge is 2.25. The molecule has 0 saturated carbocycles. The van der Waals surface area contributed by atoms with Crippen LogP contribution in [0, 0.1) is 0 Å². The van der Waals surface area contributed by atoms with Crippen LogP contribution in [0.2, 0.25) is 0 Å². The molecular weight excluding hydrogens is 639 g/mol. The first-order chi connectivity index (χ1) is 26.3. The van der Waals surface area contributed by atoms with Crippen LogP contribution in [0.4, 0.5) is 17.1 Å². The number of hydrogen-bond donors (Lipinski definition) is 0. The van der Waals surface area contributed by atoms with Gasteiger partial charge in [0.1, 0.15) is 0 Å². The molecule has 53 heavy (non-hydrogen) atoms. The van der Waals surface area contributed by atoms with Crippen molar-refractivity contribution >= 4 is 60.2 Å². The zero-order valence-corrected chi connectivity index (χ0v) is 29.2. The van der Waals surface area contributed by atoms with E-state index in [4.69, 9.17) is 0 Å². The second-order valence-electron chi connectivity index (χ2n) is 13.7. The third-order valence-electron chi connectivity index (χ3n) is 10.6. The average Bonchev–Trinajstić information content (AvgIpc) is 3.24. The Bertz CT molecular complexity index is 2940. The molecule has 0 amide bonds. The maximum absolute atomic E-state index is 2.51. The smallest absolute Gasteiger partial charge is 0.0625 e. The number of nitrogens with zero attached hydrogens (tertiary/aromatic N) is 1. The minimum absolute atomic E-state index is 1.10. The van der Waals surface area contributed by atoms with Crippen LogP contribution in [-0.2, 0) is 0 Å². The molecule has 1 nitrogen and oxygen atoms in total. The number of anilines is 3. The summed E-state index contributed by atoms with van der Waals surface area (Å²) < 4.78 is 0. The first-order valence-corrected chi connectivity index (χ1v) is 18.3. The van der Waals surface area contributed by atoms with Crippen molar-refractivity contribution in [1.82, 2.24) is 0 Å². The van der Waals surface area contributed by atoms with Crippen molar-refractivity contribution in [2.75, 3.05) is 4.90 Å². The van der Waals surface area contributed by atoms with Crippen LogP contribution in [0.15, 0.2) is 212 Å². The van der Waals surface area contributed by atoms with E-state index in [1.807, 2.05) is 0 Å². The molecule has 0 N–H and O–H groups in total. The van der Waals surface area contributed by atoms with E-state index >= 15 is 0 Å². The third kappa shape index (κ3) is 5.42. The Kier molecular flexibility index (Phi) is 7.55. The fourth-order valence-corrected chi connectivity index (χ4v) is 8.10. The van der Waals surface area contributed by atoms with Gasteiger partial charge in [-0.05, 0) is 90.5 Å². The molecule has 0 spiro atoms. The Morgan fingerprint density at radius 3 is 1.57 bits per heavy atom. The van der Waals surface area contributed by atoms with Crippen molar-refractivity contribution in [1.29, 1.82) is 0 Å². The normalized spacial score (nSPS) is 11.4. The number of benzene rings is 10. The predicted molar refractivity (Wildman–Crippen MR) is 227 cm³/mol. The van der Waals surface area contributed by atoms with Crippen LogP contribution in [0.25, 0.3) is 76.5 Å². The zero-order valence-electron chi connectivity index (χ0n) is 29.2. The van der Waals surface area contributed by atoms with Gasteiger partial charge in [0.25, 0.3) is 0 Å². The minimum atomic E-state index is 1.10. The van der Waals surface area contributed by atoms with E-state index in [2.05, 4.69) is 217 Å². The second-order valence-corrected chi connectivity index (χ2v) is 13.7. The van der Waals surface area contributed by atoms with Crippen LogP contribution in [0.5, 0.6) is 0 Å². The summed E-state index contributed by atoms with van der Waals surface area (Å²) in [6, 6.07) is 77.4. The highest BCUT2D eigenvalue weighted by Crippen LogP contribution is 2.51. The first kappa shape index (κ1) is 30.8. The lowest BCUT2D eigenvalue weighted by molar-refractivity contribution is 1.32. The molecule has 0 aromatic heterocycles. The van der Waals surface area contributed by atoms with Gasteiger partial charge in [-0.25, -0.2) is 0 Å². The summed E-state index contributed by atoms with van der Waals surface area (Å²) in [5, 5.41) is 9.83. The van der Waals surface area contributed by atoms with E-state index in [0.717, 1.165) is 11.4 Å². The van der Waals surface area contributed by atoms with E-state index in [-0.39, 0.29) is 0 Å². The fraction of sp³-hybridized carbons (Fsp3) is 0. The Morgan fingerprint density at radius 2 is 0.774 bits per heavy atom. The molecule has 0 saturated heterocycles. The van der Waals surface area contributed by atoms with Gasteiger partial charge in [0, 0.05) is 22.0 Å². The van der Waals surface area contributed by atoms with Gasteiger partial charge in [0.15, 0.2) is 0 Å². The highest BCUT2D eigenvalue weighted by molar-refractivity contribution is 6.23. The maximum atomic E-state index is 2.51. The Labute approximate surface area is 309 Å². The summed E-state index contributed by atoms with van der Waals surface area (Å²) in [6.45, 7) is 0. The molecule has 0 heterocycles. The van der Waals surface area contributed by atoms with Crippen molar-refractivity contribution < 1.29 is 0 Å². The molecule has 10 aromatic rings. The molecule has 0 atom stereocenters. The molecular formula is C52H35N. The Balaban J connectivity index is 1.28. The van der Waals surface area contributed by atoms with Crippen molar-refractivity contribution in [3.05, 3.63) is 212 Å². The topological polar surface area (TPSA) is 3.24 Å². The summed E-state index contributed by atoms with van der Waals surface area (Å²) in [4.78, 5) is 2.51. The van der Waals surface area contributed by atoms with E-state index in [9.17, 15) is 0 Å². The SMILES string of the molecule is c1ccc(-c2cccc(-c3c(N(c4ccc(-c5ccc6ccccc6c5)cc4)c4cccc5ccccc45)c4ccccc4c4ccccc34)c2)cc1. The van der Waals surface area contributed by atoms with Gasteiger partial charge < -0.3 is 4.90 Å². The first-order valence-electron chi connectivity index (χ1n) is 18.3. The van der Waals surface area contributed by atoms with Crippen LogP contribution >= 0.6 is 0 Å². The lowest BCUT2D eigenvalue weighted by atomic mass is 9.88. The Hall–Kier alpha value is -6.96. The van der Waals surface area contributed by atoms with Crippen molar-refractivity contribution in [3.8, 4) is 33.4 Å². The molecule has 10 aromatic carbocycles. The van der Waals surface area contributed by atoms with Gasteiger partial charge in [-0.3, -0.25) is 0 Å². The van der Waals surface area contributed by atoms with E-state index in [1.165, 1.54) is 82.2 Å². The monoisotopic (exact) mass is 673 g/mol. The van der Waals surface area contributed by atoms with Gasteiger partial charge in [-0.2, -0.15) is 0 Å². The summed E-state index contributed by atoms with van der Waals surface area (Å²) >= 11 is 0. The van der Waals surface area contributed by atoms with Crippen molar-refractivity contribution in [3.63, 3.8) is 0 Å². The van der Waals surface area contributed by atoms with E-state index in [0.29, 0.717) is 0 Å². The average molecular weight is 674 g/mol. The molecule has 1 heteroatoms. The molecule has 0 fully saturated rings. The van der Waals surface area contributed by atoms with Crippen LogP contribution < -0.4 is 4.90 Å². The van der Waals surface area contributed by atoms with Crippen LogP contribution in [-0.4, -0.2) is 0 Å². The molecule has 0 radical (unpaired) electrons. The maximum Gasteiger partial charge on any atom is 0.0625 e. The predicted octanol–water partition coefficient (Wildman–Crippen LogP) is 14.8. The summed E-state index contributed by atoms with van der Waals surface area (Å²) in [6.07, 6.45) is 0. The van der Waals surface area contributed by atoms with Crippen LogP contribution in [0.3, 0.4) is 0 Å². The minimum Gasteiger partial charge on any atom is -0.309 e. The lowest BCUT2D eigenvalue weighted by Gasteiger charge is -2.31. The van der Waals surface area contributed by atoms with E-state index in [1.54, 1.807) is 0 Å². The molecule has 10 rings (SSSR count). The molecule has 0 bridgehead atoms. The quantitative estimate of drug-likeness (QED) is 0.159. The molecule has 0 aliphatic heterocycles. The van der Waals surface area contributed by atoms with Crippen molar-refractivity contribution in [2.24, 2.45) is 0 Å². The van der Waals surface area contributed by atoms with Crippen molar-refractivity contribution in [2.45, 2.75) is 0 Å². The molecule has 0 unspecified atom stereocenters. The lowest BCUT2D eigenvalue weighted by Crippen LogP contribution is -2.13. The molecule has 0 aliphatic rings. The fourth-order valence-electron chi connectivity index (χ4n) is 8.10.